The minimum Gasteiger partial charge on any atom is -0.299 e. The second-order valence-electron chi connectivity index (χ2n) is 4.22. The van der Waals surface area contributed by atoms with Crippen molar-refractivity contribution in [3.63, 3.8) is 0 Å². The van der Waals surface area contributed by atoms with Crippen LogP contribution < -0.4 is 0 Å². The maximum atomic E-state index is 10.5. The van der Waals surface area contributed by atoms with E-state index in [-0.39, 0.29) is 36.0 Å². The molecule has 0 N–H and O–H groups in total. The van der Waals surface area contributed by atoms with Gasteiger partial charge >= 0.3 is 0 Å². The zero-order chi connectivity index (χ0) is 12.0. The SMILES string of the molecule is O=C1CCCC(=O)C1.O=C1CCCC(=O)C1. The maximum Gasteiger partial charge on any atom is 0.140 e. The van der Waals surface area contributed by atoms with Gasteiger partial charge in [0, 0.05) is 25.7 Å². The third kappa shape index (κ3) is 4.96. The summed E-state index contributed by atoms with van der Waals surface area (Å²) in [5, 5.41) is 0. The summed E-state index contributed by atoms with van der Waals surface area (Å²) in [6, 6.07) is 0. The van der Waals surface area contributed by atoms with Crippen molar-refractivity contribution in [1.82, 2.24) is 0 Å². The Morgan fingerprint density at radius 1 is 0.500 bits per heavy atom. The predicted octanol–water partition coefficient (Wildman–Crippen LogP) is 1.40. The Bertz CT molecular complexity index is 257. The standard InChI is InChI=1S/2C6H8O2/c2*7-5-2-1-3-6(8)4-5/h2*1-4H2. The molecule has 2 aliphatic rings. The normalized spacial score (nSPS) is 21.5. The van der Waals surface area contributed by atoms with Crippen LogP contribution in [0, 0.1) is 0 Å². The quantitative estimate of drug-likeness (QED) is 0.583. The van der Waals surface area contributed by atoms with Crippen LogP contribution in [0.1, 0.15) is 51.4 Å². The molecule has 0 saturated heterocycles. The molecule has 0 amide bonds. The molecule has 0 heterocycles. The molecule has 16 heavy (non-hydrogen) atoms. The van der Waals surface area contributed by atoms with Gasteiger partial charge in [-0.1, -0.05) is 0 Å². The highest BCUT2D eigenvalue weighted by molar-refractivity contribution is 6.01. The van der Waals surface area contributed by atoms with Gasteiger partial charge in [0.2, 0.25) is 0 Å². The van der Waals surface area contributed by atoms with Crippen molar-refractivity contribution < 1.29 is 19.2 Å². The van der Waals surface area contributed by atoms with Crippen molar-refractivity contribution in [2.75, 3.05) is 0 Å². The Balaban J connectivity index is 0.000000160. The van der Waals surface area contributed by atoms with Gasteiger partial charge in [0.25, 0.3) is 0 Å². The van der Waals surface area contributed by atoms with Gasteiger partial charge in [-0.25, -0.2) is 0 Å². The van der Waals surface area contributed by atoms with Crippen molar-refractivity contribution in [3.8, 4) is 0 Å². The number of Topliss-reactive ketones (excluding diaryl/α,β-unsaturated/α-hetero) is 4. The molecule has 2 saturated carbocycles. The summed E-state index contributed by atoms with van der Waals surface area (Å²) >= 11 is 0. The molecule has 0 aromatic carbocycles. The van der Waals surface area contributed by atoms with Gasteiger partial charge in [0.1, 0.15) is 23.1 Å². The fourth-order valence-electron chi connectivity index (χ4n) is 1.76. The summed E-state index contributed by atoms with van der Waals surface area (Å²) in [6.45, 7) is 0. The number of ketones is 4. The number of rotatable bonds is 0. The first kappa shape index (κ1) is 12.7. The van der Waals surface area contributed by atoms with Gasteiger partial charge in [0.05, 0.1) is 12.8 Å². The van der Waals surface area contributed by atoms with E-state index in [2.05, 4.69) is 0 Å². The molecule has 0 unspecified atom stereocenters. The van der Waals surface area contributed by atoms with Gasteiger partial charge in [0.15, 0.2) is 0 Å². The fourth-order valence-corrected chi connectivity index (χ4v) is 1.76. The predicted molar refractivity (Wildman–Crippen MR) is 57.0 cm³/mol. The topological polar surface area (TPSA) is 68.3 Å². The highest BCUT2D eigenvalue weighted by atomic mass is 16.2. The van der Waals surface area contributed by atoms with Crippen molar-refractivity contribution in [2.24, 2.45) is 0 Å². The smallest absolute Gasteiger partial charge is 0.140 e. The second kappa shape index (κ2) is 6.30. The van der Waals surface area contributed by atoms with Crippen LogP contribution >= 0.6 is 0 Å². The summed E-state index contributed by atoms with van der Waals surface area (Å²) < 4.78 is 0. The highest BCUT2D eigenvalue weighted by Crippen LogP contribution is 2.09. The summed E-state index contributed by atoms with van der Waals surface area (Å²) in [6.07, 6.45) is 4.41. The Kier molecular flexibility index (Phi) is 5.02. The van der Waals surface area contributed by atoms with Crippen LogP contribution in [-0.2, 0) is 19.2 Å². The van der Waals surface area contributed by atoms with Gasteiger partial charge in [-0.3, -0.25) is 19.2 Å². The van der Waals surface area contributed by atoms with Crippen LogP contribution in [-0.4, -0.2) is 23.1 Å². The summed E-state index contributed by atoms with van der Waals surface area (Å²) in [5.74, 6) is 0.449. The number of hydrogen-bond acceptors (Lipinski definition) is 4. The first-order valence-corrected chi connectivity index (χ1v) is 5.64. The first-order chi connectivity index (χ1) is 7.58. The molecule has 0 aromatic rings. The van der Waals surface area contributed by atoms with E-state index in [1.165, 1.54) is 0 Å². The Morgan fingerprint density at radius 3 is 0.875 bits per heavy atom. The molecule has 4 heteroatoms. The Labute approximate surface area is 94.4 Å². The molecule has 4 nitrogen and oxygen atoms in total. The first-order valence-electron chi connectivity index (χ1n) is 5.64. The van der Waals surface area contributed by atoms with Crippen molar-refractivity contribution in [1.29, 1.82) is 0 Å². The average Bonchev–Trinajstić information content (AvgIpc) is 2.17. The molecular formula is C12H16O4. The van der Waals surface area contributed by atoms with E-state index in [1.807, 2.05) is 0 Å². The Hall–Kier alpha value is -1.32. The van der Waals surface area contributed by atoms with Crippen LogP contribution in [0.25, 0.3) is 0 Å². The minimum atomic E-state index is 0.112. The van der Waals surface area contributed by atoms with Crippen LogP contribution in [0.5, 0.6) is 0 Å². The van der Waals surface area contributed by atoms with E-state index < -0.39 is 0 Å². The fraction of sp³-hybridized carbons (Fsp3) is 0.667. The summed E-state index contributed by atoms with van der Waals surface area (Å²) in [7, 11) is 0. The van der Waals surface area contributed by atoms with E-state index in [4.69, 9.17) is 0 Å². The lowest BCUT2D eigenvalue weighted by Crippen LogP contribution is -2.13. The Morgan fingerprint density at radius 2 is 0.750 bits per heavy atom. The number of carbonyl (C=O) groups excluding carboxylic acids is 4. The molecule has 2 fully saturated rings. The van der Waals surface area contributed by atoms with Crippen molar-refractivity contribution in [2.45, 2.75) is 51.4 Å². The third-order valence-corrected chi connectivity index (χ3v) is 2.61. The van der Waals surface area contributed by atoms with Gasteiger partial charge in [-0.2, -0.15) is 0 Å². The summed E-state index contributed by atoms with van der Waals surface area (Å²) in [5.41, 5.74) is 0. The second-order valence-corrected chi connectivity index (χ2v) is 4.22. The molecule has 0 radical (unpaired) electrons. The molecule has 0 aromatic heterocycles. The molecule has 2 aliphatic carbocycles. The van der Waals surface area contributed by atoms with Crippen LogP contribution in [0.2, 0.25) is 0 Å². The lowest BCUT2D eigenvalue weighted by Gasteiger charge is -2.04. The maximum absolute atomic E-state index is 10.5. The van der Waals surface area contributed by atoms with Crippen LogP contribution in [0.15, 0.2) is 0 Å². The van der Waals surface area contributed by atoms with E-state index in [1.54, 1.807) is 0 Å². The molecule has 0 atom stereocenters. The van der Waals surface area contributed by atoms with E-state index >= 15 is 0 Å². The summed E-state index contributed by atoms with van der Waals surface area (Å²) in [4.78, 5) is 41.8. The monoisotopic (exact) mass is 224 g/mol. The lowest BCUT2D eigenvalue weighted by atomic mass is 9.98. The van der Waals surface area contributed by atoms with Crippen molar-refractivity contribution in [3.05, 3.63) is 0 Å². The number of carbonyl (C=O) groups is 4. The van der Waals surface area contributed by atoms with Crippen LogP contribution in [0.3, 0.4) is 0 Å². The molecule has 0 aliphatic heterocycles. The van der Waals surface area contributed by atoms with E-state index in [0.717, 1.165) is 12.8 Å². The van der Waals surface area contributed by atoms with Gasteiger partial charge in [-0.15, -0.1) is 0 Å². The molecule has 0 bridgehead atoms. The average molecular weight is 224 g/mol. The van der Waals surface area contributed by atoms with E-state index in [0.29, 0.717) is 25.7 Å². The van der Waals surface area contributed by atoms with Crippen molar-refractivity contribution >= 4 is 23.1 Å². The molecule has 0 spiro atoms. The molecule has 2 rings (SSSR count). The lowest BCUT2D eigenvalue weighted by molar-refractivity contribution is -0.131. The largest absolute Gasteiger partial charge is 0.299 e. The van der Waals surface area contributed by atoms with Crippen LogP contribution in [0.4, 0.5) is 0 Å². The van der Waals surface area contributed by atoms with Gasteiger partial charge in [-0.05, 0) is 12.8 Å². The molecular weight excluding hydrogens is 208 g/mol. The zero-order valence-corrected chi connectivity index (χ0v) is 9.29. The van der Waals surface area contributed by atoms with E-state index in [9.17, 15) is 19.2 Å². The highest BCUT2D eigenvalue weighted by Gasteiger charge is 2.15. The minimum absolute atomic E-state index is 0.112. The van der Waals surface area contributed by atoms with Gasteiger partial charge < -0.3 is 0 Å². The molecule has 88 valence electrons. The number of hydrogen-bond donors (Lipinski definition) is 0. The zero-order valence-electron chi connectivity index (χ0n) is 9.29. The third-order valence-electron chi connectivity index (χ3n) is 2.61.